The van der Waals surface area contributed by atoms with Crippen molar-refractivity contribution >= 4 is 17.8 Å². The summed E-state index contributed by atoms with van der Waals surface area (Å²) in [5, 5.41) is 13.8. The van der Waals surface area contributed by atoms with Gasteiger partial charge in [0.2, 0.25) is 0 Å². The van der Waals surface area contributed by atoms with Crippen molar-refractivity contribution in [2.75, 3.05) is 5.32 Å². The molecule has 0 saturated heterocycles. The molecule has 2 aromatic heterocycles. The van der Waals surface area contributed by atoms with Gasteiger partial charge in [-0.25, -0.2) is 9.78 Å². The number of nitrogens with one attached hydrogen (secondary N) is 3. The number of rotatable bonds is 5. The van der Waals surface area contributed by atoms with Crippen molar-refractivity contribution in [1.29, 1.82) is 0 Å². The molecule has 2 amide bonds. The number of alkyl carbamates (subject to hydrolysis) is 1. The first-order valence-corrected chi connectivity index (χ1v) is 11.3. The topological polar surface area (TPSA) is 110 Å². The van der Waals surface area contributed by atoms with Gasteiger partial charge in [0.15, 0.2) is 0 Å². The molecule has 0 spiro atoms. The van der Waals surface area contributed by atoms with Crippen LogP contribution in [0.3, 0.4) is 0 Å². The van der Waals surface area contributed by atoms with Crippen LogP contribution in [0.15, 0.2) is 18.5 Å². The van der Waals surface area contributed by atoms with Gasteiger partial charge >= 0.3 is 6.09 Å². The summed E-state index contributed by atoms with van der Waals surface area (Å²) in [4.78, 5) is 29.6. The molecule has 3 heterocycles. The number of hydrogen-bond donors (Lipinski definition) is 3. The highest BCUT2D eigenvalue weighted by atomic mass is 16.6. The first-order valence-electron chi connectivity index (χ1n) is 11.3. The fourth-order valence-electron chi connectivity index (χ4n) is 4.32. The van der Waals surface area contributed by atoms with Gasteiger partial charge in [-0.3, -0.25) is 9.48 Å². The molecule has 4 rings (SSSR count). The highest BCUT2D eigenvalue weighted by molar-refractivity contribution is 6.04. The van der Waals surface area contributed by atoms with E-state index >= 15 is 0 Å². The first kappa shape index (κ1) is 22.1. The van der Waals surface area contributed by atoms with E-state index in [0.717, 1.165) is 43.4 Å². The minimum absolute atomic E-state index is 0.0260. The molecule has 9 heteroatoms. The Kier molecular flexibility index (Phi) is 6.08. The van der Waals surface area contributed by atoms with E-state index in [0.29, 0.717) is 23.6 Å². The van der Waals surface area contributed by atoms with Crippen molar-refractivity contribution in [3.8, 4) is 11.3 Å². The molecule has 2 aromatic rings. The Morgan fingerprint density at radius 3 is 2.72 bits per heavy atom. The van der Waals surface area contributed by atoms with E-state index in [2.05, 4.69) is 21.0 Å². The summed E-state index contributed by atoms with van der Waals surface area (Å²) in [6, 6.07) is 1.90. The Morgan fingerprint density at radius 2 is 2.03 bits per heavy atom. The molecule has 1 aliphatic carbocycles. The highest BCUT2D eigenvalue weighted by Crippen LogP contribution is 2.31. The highest BCUT2D eigenvalue weighted by Gasteiger charge is 2.31. The Bertz CT molecular complexity index is 1010. The molecule has 3 N–H and O–H groups in total. The average Bonchev–Trinajstić information content (AvgIpc) is 3.35. The van der Waals surface area contributed by atoms with Crippen LogP contribution < -0.4 is 16.0 Å². The number of pyridine rings is 1. The van der Waals surface area contributed by atoms with Gasteiger partial charge in [-0.05, 0) is 52.2 Å². The third-order valence-electron chi connectivity index (χ3n) is 5.80. The maximum atomic E-state index is 12.5. The molecule has 1 saturated carbocycles. The minimum atomic E-state index is -0.541. The lowest BCUT2D eigenvalue weighted by molar-refractivity contribution is 0.0488. The Balaban J connectivity index is 1.58. The van der Waals surface area contributed by atoms with Crippen LogP contribution in [0.25, 0.3) is 11.3 Å². The molecule has 1 unspecified atom stereocenters. The predicted octanol–water partition coefficient (Wildman–Crippen LogP) is 3.46. The molecule has 2 aliphatic rings. The Labute approximate surface area is 188 Å². The van der Waals surface area contributed by atoms with E-state index in [-0.39, 0.29) is 18.0 Å². The normalized spacial score (nSPS) is 20.4. The molecule has 2 atom stereocenters. The minimum Gasteiger partial charge on any atom is -0.444 e. The van der Waals surface area contributed by atoms with Gasteiger partial charge in [-0.1, -0.05) is 12.8 Å². The van der Waals surface area contributed by atoms with Crippen molar-refractivity contribution in [2.24, 2.45) is 0 Å². The summed E-state index contributed by atoms with van der Waals surface area (Å²) >= 11 is 0. The standard InChI is InChI=1S/C23H32N6O3/c1-5-29-13-15(12-25-29)20-19-14(11-24-21(19)30)10-18(28-20)26-16-8-6-7-9-17(16)27-22(31)32-23(2,3)4/h10,12-13,16-17H,5-9,11H2,1-4H3,(H,24,30)(H,26,28)(H,27,31)/t16?,17-/m0/s1. The SMILES string of the molecule is CCn1cc(-c2nc(NC3CCCC[C@@H]3NC(=O)OC(C)(C)C)cc3c2C(=O)NC3)cn1. The van der Waals surface area contributed by atoms with Crippen LogP contribution in [-0.2, 0) is 17.8 Å². The zero-order chi connectivity index (χ0) is 22.9. The van der Waals surface area contributed by atoms with Crippen LogP contribution in [0.1, 0.15) is 69.3 Å². The van der Waals surface area contributed by atoms with Crippen LogP contribution in [0, 0.1) is 0 Å². The van der Waals surface area contributed by atoms with Crippen LogP contribution in [0.5, 0.6) is 0 Å². The largest absolute Gasteiger partial charge is 0.444 e. The van der Waals surface area contributed by atoms with Crippen molar-refractivity contribution in [3.05, 3.63) is 29.6 Å². The smallest absolute Gasteiger partial charge is 0.407 e. The van der Waals surface area contributed by atoms with Crippen molar-refractivity contribution in [3.63, 3.8) is 0 Å². The van der Waals surface area contributed by atoms with Gasteiger partial charge in [0.25, 0.3) is 5.91 Å². The molecule has 9 nitrogen and oxygen atoms in total. The fourth-order valence-corrected chi connectivity index (χ4v) is 4.32. The molecule has 172 valence electrons. The summed E-state index contributed by atoms with van der Waals surface area (Å²) in [5.41, 5.74) is 2.43. The van der Waals surface area contributed by atoms with E-state index in [1.807, 2.05) is 44.6 Å². The number of nitrogens with zero attached hydrogens (tertiary/aromatic N) is 3. The van der Waals surface area contributed by atoms with Crippen LogP contribution in [0.2, 0.25) is 0 Å². The van der Waals surface area contributed by atoms with Gasteiger partial charge in [0, 0.05) is 30.9 Å². The molecular weight excluding hydrogens is 408 g/mol. The first-order chi connectivity index (χ1) is 15.2. The van der Waals surface area contributed by atoms with Crippen molar-refractivity contribution < 1.29 is 14.3 Å². The van der Waals surface area contributed by atoms with E-state index in [1.165, 1.54) is 0 Å². The number of aromatic nitrogens is 3. The number of aryl methyl sites for hydroxylation is 1. The molecule has 1 aliphatic heterocycles. The summed E-state index contributed by atoms with van der Waals surface area (Å²) in [7, 11) is 0. The lowest BCUT2D eigenvalue weighted by atomic mass is 9.90. The average molecular weight is 441 g/mol. The molecular formula is C23H32N6O3. The number of ether oxygens (including phenoxy) is 1. The zero-order valence-corrected chi connectivity index (χ0v) is 19.2. The monoisotopic (exact) mass is 440 g/mol. The van der Waals surface area contributed by atoms with E-state index < -0.39 is 11.7 Å². The van der Waals surface area contributed by atoms with Gasteiger partial charge in [0.1, 0.15) is 11.4 Å². The van der Waals surface area contributed by atoms with Crippen molar-refractivity contribution in [1.82, 2.24) is 25.4 Å². The third-order valence-corrected chi connectivity index (χ3v) is 5.80. The Hall–Kier alpha value is -3.10. The predicted molar refractivity (Wildman–Crippen MR) is 121 cm³/mol. The Morgan fingerprint density at radius 1 is 1.28 bits per heavy atom. The summed E-state index contributed by atoms with van der Waals surface area (Å²) < 4.78 is 7.27. The summed E-state index contributed by atoms with van der Waals surface area (Å²) in [6.45, 7) is 8.80. The van der Waals surface area contributed by atoms with Crippen molar-refractivity contribution in [2.45, 2.75) is 84.2 Å². The van der Waals surface area contributed by atoms with Crippen LogP contribution in [0.4, 0.5) is 10.6 Å². The number of carbonyl (C=O) groups excluding carboxylic acids is 2. The summed E-state index contributed by atoms with van der Waals surface area (Å²) in [5.74, 6) is 0.586. The number of hydrogen-bond acceptors (Lipinski definition) is 6. The van der Waals surface area contributed by atoms with E-state index in [1.54, 1.807) is 6.20 Å². The van der Waals surface area contributed by atoms with E-state index in [9.17, 15) is 9.59 Å². The van der Waals surface area contributed by atoms with E-state index in [4.69, 9.17) is 9.72 Å². The van der Waals surface area contributed by atoms with Gasteiger partial charge in [0.05, 0.1) is 23.5 Å². The van der Waals surface area contributed by atoms with Gasteiger partial charge in [-0.2, -0.15) is 5.10 Å². The summed E-state index contributed by atoms with van der Waals surface area (Å²) in [6.07, 6.45) is 7.17. The second-order valence-corrected chi connectivity index (χ2v) is 9.45. The number of carbonyl (C=O) groups is 2. The lowest BCUT2D eigenvalue weighted by Crippen LogP contribution is -2.49. The zero-order valence-electron chi connectivity index (χ0n) is 19.2. The van der Waals surface area contributed by atoms with Gasteiger partial charge < -0.3 is 20.7 Å². The molecule has 1 fully saturated rings. The van der Waals surface area contributed by atoms with Crippen LogP contribution >= 0.6 is 0 Å². The number of fused-ring (bicyclic) bond motifs is 1. The fraction of sp³-hybridized carbons (Fsp3) is 0.565. The molecule has 0 radical (unpaired) electrons. The van der Waals surface area contributed by atoms with Crippen LogP contribution in [-0.4, -0.2) is 44.4 Å². The lowest BCUT2D eigenvalue weighted by Gasteiger charge is -2.34. The number of amides is 2. The van der Waals surface area contributed by atoms with Gasteiger partial charge in [-0.15, -0.1) is 0 Å². The molecule has 32 heavy (non-hydrogen) atoms. The second-order valence-electron chi connectivity index (χ2n) is 9.45. The molecule has 0 bridgehead atoms. The third kappa shape index (κ3) is 4.87. The number of anilines is 1. The maximum Gasteiger partial charge on any atom is 0.407 e. The maximum absolute atomic E-state index is 12.5. The molecule has 0 aromatic carbocycles. The quantitative estimate of drug-likeness (QED) is 0.657. The second kappa shape index (κ2) is 8.80.